The molecule has 4 amide bonds. The Morgan fingerprint density at radius 2 is 1.97 bits per heavy atom. The number of urea groups is 2. The van der Waals surface area contributed by atoms with Crippen LogP contribution in [0.15, 0.2) is 49.2 Å². The maximum Gasteiger partial charge on any atom is 0.341 e. The molecular formula is C22H23N7O4S. The molecule has 4 N–H and O–H groups in total. The van der Waals surface area contributed by atoms with Crippen molar-refractivity contribution in [2.24, 2.45) is 5.73 Å². The van der Waals surface area contributed by atoms with Gasteiger partial charge in [-0.1, -0.05) is 6.07 Å². The number of ether oxygens (including phenoxy) is 1. The topological polar surface area (TPSA) is 152 Å². The molecular weight excluding hydrogens is 458 g/mol. The van der Waals surface area contributed by atoms with Gasteiger partial charge in [-0.25, -0.2) is 19.4 Å². The summed E-state index contributed by atoms with van der Waals surface area (Å²) < 4.78 is 5.74. The summed E-state index contributed by atoms with van der Waals surface area (Å²) in [5.41, 5.74) is 6.42. The van der Waals surface area contributed by atoms with E-state index in [1.165, 1.54) is 34.8 Å². The van der Waals surface area contributed by atoms with E-state index in [2.05, 4.69) is 25.6 Å². The summed E-state index contributed by atoms with van der Waals surface area (Å²) >= 11 is 1.22. The molecule has 176 valence electrons. The van der Waals surface area contributed by atoms with Gasteiger partial charge in [-0.3, -0.25) is 20.6 Å². The molecule has 1 saturated heterocycles. The van der Waals surface area contributed by atoms with Crippen LogP contribution in [0.2, 0.25) is 0 Å². The molecule has 0 bridgehead atoms. The summed E-state index contributed by atoms with van der Waals surface area (Å²) in [5.74, 6) is -0.337. The minimum Gasteiger partial charge on any atom is -0.457 e. The van der Waals surface area contributed by atoms with Gasteiger partial charge in [-0.15, -0.1) is 11.3 Å². The number of carbonyl (C=O) groups is 3. The summed E-state index contributed by atoms with van der Waals surface area (Å²) in [6.07, 6.45) is 9.37. The largest absolute Gasteiger partial charge is 0.457 e. The molecule has 0 saturated carbocycles. The molecule has 0 aliphatic carbocycles. The second-order valence-corrected chi connectivity index (χ2v) is 8.62. The van der Waals surface area contributed by atoms with Gasteiger partial charge < -0.3 is 15.4 Å². The van der Waals surface area contributed by atoms with Crippen LogP contribution in [0, 0.1) is 0 Å². The summed E-state index contributed by atoms with van der Waals surface area (Å²) in [5, 5.41) is 5.59. The Bertz CT molecular complexity index is 1160. The Morgan fingerprint density at radius 3 is 2.71 bits per heavy atom. The van der Waals surface area contributed by atoms with Gasteiger partial charge in [-0.05, 0) is 31.4 Å². The van der Waals surface area contributed by atoms with Crippen LogP contribution >= 0.6 is 11.3 Å². The molecule has 34 heavy (non-hydrogen) atoms. The monoisotopic (exact) mass is 481 g/mol. The Kier molecular flexibility index (Phi) is 7.28. The summed E-state index contributed by atoms with van der Waals surface area (Å²) in [7, 11) is 0. The second kappa shape index (κ2) is 10.7. The molecule has 4 heterocycles. The molecule has 1 aliphatic heterocycles. The molecule has 12 heteroatoms. The zero-order chi connectivity index (χ0) is 23.9. The van der Waals surface area contributed by atoms with Crippen LogP contribution in [0.3, 0.4) is 0 Å². The van der Waals surface area contributed by atoms with Crippen LogP contribution in [0.5, 0.6) is 0 Å². The van der Waals surface area contributed by atoms with Crippen molar-refractivity contribution >= 4 is 40.2 Å². The smallest absolute Gasteiger partial charge is 0.341 e. The maximum absolute atomic E-state index is 13.1. The Hall–Kier alpha value is -4.06. The van der Waals surface area contributed by atoms with E-state index < -0.39 is 24.1 Å². The summed E-state index contributed by atoms with van der Waals surface area (Å²) in [6, 6.07) is 4.17. The van der Waals surface area contributed by atoms with Crippen molar-refractivity contribution in [1.29, 1.82) is 0 Å². The first-order valence-corrected chi connectivity index (χ1v) is 11.4. The number of nitrogens with two attached hydrogens (primary N) is 1. The first-order chi connectivity index (χ1) is 16.5. The van der Waals surface area contributed by atoms with Crippen LogP contribution in [-0.2, 0) is 4.74 Å². The van der Waals surface area contributed by atoms with E-state index in [1.807, 2.05) is 6.07 Å². The standard InChI is InChI=1S/C22H23N7O4S/c23-21(31)29-9-2-1-5-15(13-29)33-20(30)16-10-17(14-4-3-6-24-11-14)34-19(16)28-22(32)27-18-12-25-7-8-26-18/h3-4,6-8,10-12,15H,1-2,5,9,13H2,(H2,23,31)(H2,26,27,28,32). The quantitative estimate of drug-likeness (QED) is 0.473. The number of pyridine rings is 1. The number of esters is 1. The highest BCUT2D eigenvalue weighted by atomic mass is 32.1. The Balaban J connectivity index is 1.55. The highest BCUT2D eigenvalue weighted by molar-refractivity contribution is 7.20. The zero-order valence-corrected chi connectivity index (χ0v) is 19.0. The average molecular weight is 482 g/mol. The SMILES string of the molecule is NC(=O)N1CCCCC(OC(=O)c2cc(-c3cccnc3)sc2NC(=O)Nc2cnccn2)C1. The number of thiophene rings is 1. The van der Waals surface area contributed by atoms with Crippen LogP contribution in [0.1, 0.15) is 29.6 Å². The normalized spacial score (nSPS) is 15.8. The van der Waals surface area contributed by atoms with Crippen LogP contribution in [0.4, 0.5) is 20.4 Å². The van der Waals surface area contributed by atoms with Crippen molar-refractivity contribution in [2.45, 2.75) is 25.4 Å². The third kappa shape index (κ3) is 5.84. The molecule has 1 unspecified atom stereocenters. The Morgan fingerprint density at radius 1 is 1.12 bits per heavy atom. The van der Waals surface area contributed by atoms with Crippen molar-refractivity contribution < 1.29 is 19.1 Å². The lowest BCUT2D eigenvalue weighted by Gasteiger charge is -2.22. The molecule has 3 aromatic heterocycles. The van der Waals surface area contributed by atoms with E-state index in [9.17, 15) is 14.4 Å². The van der Waals surface area contributed by atoms with Crippen molar-refractivity contribution in [3.05, 3.63) is 54.7 Å². The number of nitrogens with zero attached hydrogens (tertiary/aromatic N) is 4. The molecule has 11 nitrogen and oxygen atoms in total. The van der Waals surface area contributed by atoms with E-state index >= 15 is 0 Å². The van der Waals surface area contributed by atoms with Gasteiger partial charge in [0.2, 0.25) is 0 Å². The highest BCUT2D eigenvalue weighted by Gasteiger charge is 2.27. The van der Waals surface area contributed by atoms with Gasteiger partial charge in [-0.2, -0.15) is 0 Å². The van der Waals surface area contributed by atoms with Gasteiger partial charge in [0.1, 0.15) is 11.1 Å². The van der Waals surface area contributed by atoms with E-state index in [-0.39, 0.29) is 17.9 Å². The van der Waals surface area contributed by atoms with Crippen LogP contribution < -0.4 is 16.4 Å². The fourth-order valence-electron chi connectivity index (χ4n) is 3.51. The number of nitrogens with one attached hydrogen (secondary N) is 2. The summed E-state index contributed by atoms with van der Waals surface area (Å²) in [6.45, 7) is 0.763. The number of primary amides is 1. The Labute approximate surface area is 199 Å². The van der Waals surface area contributed by atoms with Crippen molar-refractivity contribution in [1.82, 2.24) is 19.9 Å². The number of aromatic nitrogens is 3. The molecule has 0 spiro atoms. The first-order valence-electron chi connectivity index (χ1n) is 10.6. The lowest BCUT2D eigenvalue weighted by molar-refractivity contribution is 0.0242. The fraction of sp³-hybridized carbons (Fsp3) is 0.273. The van der Waals surface area contributed by atoms with Crippen LogP contribution in [0.25, 0.3) is 10.4 Å². The molecule has 4 rings (SSSR count). The number of carbonyl (C=O) groups excluding carboxylic acids is 3. The van der Waals surface area contributed by atoms with E-state index in [1.54, 1.807) is 24.5 Å². The molecule has 1 fully saturated rings. The highest BCUT2D eigenvalue weighted by Crippen LogP contribution is 2.36. The van der Waals surface area contributed by atoms with E-state index in [0.29, 0.717) is 18.0 Å². The van der Waals surface area contributed by atoms with Crippen molar-refractivity contribution in [3.8, 4) is 10.4 Å². The number of hydrogen-bond donors (Lipinski definition) is 3. The van der Waals surface area contributed by atoms with Gasteiger partial charge in [0.25, 0.3) is 0 Å². The second-order valence-electron chi connectivity index (χ2n) is 7.57. The number of anilines is 2. The number of amides is 4. The lowest BCUT2D eigenvalue weighted by Crippen LogP contribution is -2.41. The van der Waals surface area contributed by atoms with Gasteiger partial charge in [0, 0.05) is 41.8 Å². The lowest BCUT2D eigenvalue weighted by atomic mass is 10.2. The van der Waals surface area contributed by atoms with Gasteiger partial charge in [0.05, 0.1) is 18.3 Å². The predicted octanol–water partition coefficient (Wildman–Crippen LogP) is 3.33. The zero-order valence-electron chi connectivity index (χ0n) is 18.1. The van der Waals surface area contributed by atoms with Crippen molar-refractivity contribution in [2.75, 3.05) is 23.7 Å². The minimum atomic E-state index is -0.600. The average Bonchev–Trinajstić information content (AvgIpc) is 3.10. The molecule has 0 radical (unpaired) electrons. The first kappa shape index (κ1) is 23.1. The van der Waals surface area contributed by atoms with Gasteiger partial charge in [0.15, 0.2) is 5.82 Å². The van der Waals surface area contributed by atoms with Crippen LogP contribution in [-0.4, -0.2) is 57.1 Å². The maximum atomic E-state index is 13.1. The molecule has 3 aromatic rings. The number of rotatable bonds is 5. The summed E-state index contributed by atoms with van der Waals surface area (Å²) in [4.78, 5) is 51.6. The molecule has 0 aromatic carbocycles. The van der Waals surface area contributed by atoms with E-state index in [0.717, 1.165) is 23.3 Å². The molecule has 1 atom stereocenters. The molecule has 1 aliphatic rings. The van der Waals surface area contributed by atoms with E-state index in [4.69, 9.17) is 10.5 Å². The van der Waals surface area contributed by atoms with Crippen molar-refractivity contribution in [3.63, 3.8) is 0 Å². The third-order valence-corrected chi connectivity index (χ3v) is 6.24. The minimum absolute atomic E-state index is 0.202. The predicted molar refractivity (Wildman–Crippen MR) is 126 cm³/mol. The van der Waals surface area contributed by atoms with Gasteiger partial charge >= 0.3 is 18.0 Å². The fourth-order valence-corrected chi connectivity index (χ4v) is 4.55. The number of hydrogen-bond acceptors (Lipinski definition) is 8. The number of likely N-dealkylation sites (tertiary alicyclic amines) is 1. The third-order valence-electron chi connectivity index (χ3n) is 5.14.